The van der Waals surface area contributed by atoms with Gasteiger partial charge >= 0.3 is 5.97 Å². The van der Waals surface area contributed by atoms with Crippen LogP contribution < -0.4 is 27.8 Å². The van der Waals surface area contributed by atoms with E-state index in [1.165, 1.54) is 9.80 Å². The van der Waals surface area contributed by atoms with Gasteiger partial charge in [-0.1, -0.05) is 0 Å². The van der Waals surface area contributed by atoms with Crippen molar-refractivity contribution in [3.63, 3.8) is 0 Å². The van der Waals surface area contributed by atoms with Crippen LogP contribution in [0.4, 0.5) is 0 Å². The van der Waals surface area contributed by atoms with Gasteiger partial charge in [-0.05, 0) is 38.5 Å². The minimum atomic E-state index is -1.09. The number of carbonyl (C=O) groups is 5. The van der Waals surface area contributed by atoms with Crippen molar-refractivity contribution in [1.82, 2.24) is 20.4 Å². The SMILES string of the molecule is NCC(=O)N1CCC[C@H]1C(=O)N[C@@H](CCCN=C(N)N)C(=O)NCC(=O)N1CCC[C@H]1C(=O)O. The minimum absolute atomic E-state index is 0.101. The Morgan fingerprint density at radius 3 is 2.21 bits per heavy atom. The number of likely N-dealkylation sites (tertiary alicyclic amines) is 2. The monoisotopic (exact) mass is 482 g/mol. The number of carboxylic acid groups (broad SMARTS) is 1. The van der Waals surface area contributed by atoms with Crippen molar-refractivity contribution < 1.29 is 29.1 Å². The first-order chi connectivity index (χ1) is 16.1. The summed E-state index contributed by atoms with van der Waals surface area (Å²) in [5.41, 5.74) is 16.0. The zero-order chi connectivity index (χ0) is 25.3. The molecule has 0 radical (unpaired) electrons. The van der Waals surface area contributed by atoms with E-state index < -0.39 is 48.4 Å². The number of nitrogens with one attached hydrogen (secondary N) is 2. The van der Waals surface area contributed by atoms with Crippen LogP contribution in [-0.4, -0.2) is 101 Å². The third-order valence-electron chi connectivity index (χ3n) is 5.90. The van der Waals surface area contributed by atoms with Gasteiger partial charge in [0.2, 0.25) is 23.6 Å². The third kappa shape index (κ3) is 7.30. The number of hydrogen-bond acceptors (Lipinski definition) is 7. The molecule has 2 heterocycles. The first-order valence-corrected chi connectivity index (χ1v) is 11.3. The van der Waals surface area contributed by atoms with Gasteiger partial charge in [-0.25, -0.2) is 4.79 Å². The number of aliphatic imine (C=N–C) groups is 1. The average molecular weight is 483 g/mol. The lowest BCUT2D eigenvalue weighted by atomic mass is 10.1. The fraction of sp³-hybridized carbons (Fsp3) is 0.700. The number of nitrogens with two attached hydrogens (primary N) is 3. The normalized spacial score (nSPS) is 20.5. The van der Waals surface area contributed by atoms with Crippen LogP contribution in [-0.2, 0) is 24.0 Å². The second-order valence-corrected chi connectivity index (χ2v) is 8.26. The Bertz CT molecular complexity index is 815. The molecule has 0 saturated carbocycles. The third-order valence-corrected chi connectivity index (χ3v) is 5.90. The van der Waals surface area contributed by atoms with Gasteiger partial charge < -0.3 is 42.7 Å². The molecule has 0 unspecified atom stereocenters. The predicted molar refractivity (Wildman–Crippen MR) is 121 cm³/mol. The fourth-order valence-corrected chi connectivity index (χ4v) is 4.20. The van der Waals surface area contributed by atoms with Crippen molar-refractivity contribution in [3.05, 3.63) is 0 Å². The topological polar surface area (TPSA) is 227 Å². The van der Waals surface area contributed by atoms with Gasteiger partial charge in [-0.15, -0.1) is 0 Å². The first kappa shape index (κ1) is 26.8. The Balaban J connectivity index is 2.00. The molecule has 190 valence electrons. The molecule has 0 aliphatic carbocycles. The minimum Gasteiger partial charge on any atom is -0.480 e. The molecule has 0 bridgehead atoms. The van der Waals surface area contributed by atoms with Crippen molar-refractivity contribution >= 4 is 35.6 Å². The smallest absolute Gasteiger partial charge is 0.326 e. The molecule has 0 spiro atoms. The van der Waals surface area contributed by atoms with Gasteiger partial charge in [-0.2, -0.15) is 0 Å². The van der Waals surface area contributed by atoms with Crippen LogP contribution in [0.5, 0.6) is 0 Å². The summed E-state index contributed by atoms with van der Waals surface area (Å²) in [5.74, 6) is -3.15. The van der Waals surface area contributed by atoms with Gasteiger partial charge in [0.05, 0.1) is 13.1 Å². The molecule has 9 N–H and O–H groups in total. The largest absolute Gasteiger partial charge is 0.480 e. The standard InChI is InChI=1S/C20H34N8O6/c21-10-15(29)27-8-2-5-13(27)18(32)26-12(4-1-7-24-20(22)23)17(31)25-11-16(30)28-9-3-6-14(28)19(33)34/h12-14H,1-11,21H2,(H,25,31)(H,26,32)(H,33,34)(H4,22,23,24)/t12-,13-,14-/m0/s1. The summed E-state index contributed by atoms with van der Waals surface area (Å²) in [5, 5.41) is 14.4. The van der Waals surface area contributed by atoms with E-state index in [1.807, 2.05) is 0 Å². The molecule has 34 heavy (non-hydrogen) atoms. The molecule has 0 aromatic heterocycles. The fourth-order valence-electron chi connectivity index (χ4n) is 4.20. The van der Waals surface area contributed by atoms with Crippen LogP contribution in [0.2, 0.25) is 0 Å². The predicted octanol–water partition coefficient (Wildman–Crippen LogP) is -3.33. The zero-order valence-corrected chi connectivity index (χ0v) is 19.1. The molecule has 2 aliphatic heterocycles. The number of guanidine groups is 1. The van der Waals surface area contributed by atoms with Gasteiger partial charge in [0.15, 0.2) is 5.96 Å². The second-order valence-electron chi connectivity index (χ2n) is 8.26. The Hall–Kier alpha value is -3.42. The van der Waals surface area contributed by atoms with Gasteiger partial charge in [0, 0.05) is 19.6 Å². The number of hydrogen-bond donors (Lipinski definition) is 6. The van der Waals surface area contributed by atoms with E-state index in [9.17, 15) is 29.1 Å². The van der Waals surface area contributed by atoms with E-state index >= 15 is 0 Å². The lowest BCUT2D eigenvalue weighted by Gasteiger charge is -2.26. The van der Waals surface area contributed by atoms with E-state index in [-0.39, 0.29) is 31.4 Å². The van der Waals surface area contributed by atoms with E-state index in [0.717, 1.165) is 0 Å². The molecule has 2 fully saturated rings. The molecule has 2 aliphatic rings. The Labute approximate surface area is 197 Å². The van der Waals surface area contributed by atoms with Crippen molar-refractivity contribution in [2.45, 2.75) is 56.7 Å². The van der Waals surface area contributed by atoms with Crippen molar-refractivity contribution in [2.24, 2.45) is 22.2 Å². The quantitative estimate of drug-likeness (QED) is 0.0981. The molecular weight excluding hydrogens is 448 g/mol. The van der Waals surface area contributed by atoms with Crippen LogP contribution in [0.25, 0.3) is 0 Å². The molecular formula is C20H34N8O6. The maximum Gasteiger partial charge on any atom is 0.326 e. The van der Waals surface area contributed by atoms with Gasteiger partial charge in [-0.3, -0.25) is 24.2 Å². The van der Waals surface area contributed by atoms with E-state index in [0.29, 0.717) is 45.2 Å². The van der Waals surface area contributed by atoms with Crippen LogP contribution in [0.15, 0.2) is 4.99 Å². The van der Waals surface area contributed by atoms with Gasteiger partial charge in [0.1, 0.15) is 18.1 Å². The average Bonchev–Trinajstić information content (AvgIpc) is 3.48. The molecule has 14 heteroatoms. The molecule has 3 atom stereocenters. The maximum atomic E-state index is 12.9. The van der Waals surface area contributed by atoms with E-state index in [4.69, 9.17) is 17.2 Å². The summed E-state index contributed by atoms with van der Waals surface area (Å²) in [6.45, 7) is 0.323. The van der Waals surface area contributed by atoms with Crippen LogP contribution in [0, 0.1) is 0 Å². The number of carbonyl (C=O) groups excluding carboxylic acids is 4. The molecule has 0 aromatic carbocycles. The highest BCUT2D eigenvalue weighted by Crippen LogP contribution is 2.18. The number of aliphatic carboxylic acids is 1. The number of rotatable bonds is 11. The van der Waals surface area contributed by atoms with E-state index in [2.05, 4.69) is 15.6 Å². The summed E-state index contributed by atoms with van der Waals surface area (Å²) in [7, 11) is 0. The molecule has 4 amide bonds. The van der Waals surface area contributed by atoms with Crippen LogP contribution in [0.3, 0.4) is 0 Å². The zero-order valence-electron chi connectivity index (χ0n) is 19.1. The molecule has 2 rings (SSSR count). The Kier molecular flexibility index (Phi) is 10.0. The Morgan fingerprint density at radius 2 is 1.62 bits per heavy atom. The van der Waals surface area contributed by atoms with Crippen LogP contribution >= 0.6 is 0 Å². The lowest BCUT2D eigenvalue weighted by Crippen LogP contribution is -2.55. The second kappa shape index (κ2) is 12.7. The summed E-state index contributed by atoms with van der Waals surface area (Å²) in [4.78, 5) is 68.0. The summed E-state index contributed by atoms with van der Waals surface area (Å²) >= 11 is 0. The number of carboxylic acids is 1. The highest BCUT2D eigenvalue weighted by atomic mass is 16.4. The highest BCUT2D eigenvalue weighted by Gasteiger charge is 2.36. The maximum absolute atomic E-state index is 12.9. The molecule has 0 aromatic rings. The van der Waals surface area contributed by atoms with Crippen LogP contribution in [0.1, 0.15) is 38.5 Å². The van der Waals surface area contributed by atoms with E-state index in [1.54, 1.807) is 0 Å². The van der Waals surface area contributed by atoms with Gasteiger partial charge in [0.25, 0.3) is 0 Å². The lowest BCUT2D eigenvalue weighted by molar-refractivity contribution is -0.148. The highest BCUT2D eigenvalue weighted by molar-refractivity contribution is 5.94. The summed E-state index contributed by atoms with van der Waals surface area (Å²) in [6, 6.07) is -2.64. The number of amides is 4. The molecule has 14 nitrogen and oxygen atoms in total. The van der Waals surface area contributed by atoms with Crippen molar-refractivity contribution in [1.29, 1.82) is 0 Å². The first-order valence-electron chi connectivity index (χ1n) is 11.3. The molecule has 2 saturated heterocycles. The van der Waals surface area contributed by atoms with Crippen molar-refractivity contribution in [2.75, 3.05) is 32.7 Å². The number of nitrogens with zero attached hydrogens (tertiary/aromatic N) is 3. The summed E-state index contributed by atoms with van der Waals surface area (Å²) < 4.78 is 0. The summed E-state index contributed by atoms with van der Waals surface area (Å²) in [6.07, 6.45) is 2.57. The Morgan fingerprint density at radius 1 is 1.00 bits per heavy atom. The van der Waals surface area contributed by atoms with Crippen molar-refractivity contribution in [3.8, 4) is 0 Å².